The van der Waals surface area contributed by atoms with Crippen molar-refractivity contribution < 1.29 is 23.5 Å². The lowest BCUT2D eigenvalue weighted by Crippen LogP contribution is -2.42. The van der Waals surface area contributed by atoms with Crippen LogP contribution in [0, 0.1) is 12.7 Å². The molecule has 0 radical (unpaired) electrons. The van der Waals surface area contributed by atoms with E-state index in [0.717, 1.165) is 32.1 Å². The fourth-order valence-electron chi connectivity index (χ4n) is 4.06. The van der Waals surface area contributed by atoms with Gasteiger partial charge in [0.2, 0.25) is 0 Å². The molecule has 1 amide bonds. The van der Waals surface area contributed by atoms with E-state index in [0.29, 0.717) is 11.3 Å². The topological polar surface area (TPSA) is 79.5 Å². The van der Waals surface area contributed by atoms with E-state index in [9.17, 15) is 18.8 Å². The largest absolute Gasteiger partial charge is 0.462 e. The number of rotatable bonds is 6. The average Bonchev–Trinajstić information content (AvgIpc) is 3.10. The minimum atomic E-state index is -0.721. The molecule has 2 aromatic rings. The van der Waals surface area contributed by atoms with Crippen LogP contribution in [-0.4, -0.2) is 47.2 Å². The maximum Gasteiger partial charge on any atom is 0.340 e. The Kier molecular flexibility index (Phi) is 6.70. The average molecular weight is 414 g/mol. The molecule has 1 aliphatic rings. The number of carbonyl (C=O) groups excluding carboxylic acids is 3. The molecule has 1 aliphatic carbocycles. The van der Waals surface area contributed by atoms with E-state index in [1.807, 2.05) is 0 Å². The van der Waals surface area contributed by atoms with Gasteiger partial charge in [0.15, 0.2) is 0 Å². The zero-order valence-electron chi connectivity index (χ0n) is 17.6. The summed E-state index contributed by atoms with van der Waals surface area (Å²) in [6, 6.07) is 5.48. The molecule has 1 aromatic heterocycles. The van der Waals surface area contributed by atoms with Gasteiger partial charge >= 0.3 is 5.97 Å². The molecule has 7 heteroatoms. The van der Waals surface area contributed by atoms with Crippen LogP contribution in [0.15, 0.2) is 24.3 Å². The summed E-state index contributed by atoms with van der Waals surface area (Å²) in [5, 5.41) is 0. The first-order chi connectivity index (χ1) is 14.3. The molecule has 1 saturated carbocycles. The first kappa shape index (κ1) is 21.7. The van der Waals surface area contributed by atoms with E-state index in [-0.39, 0.29) is 29.5 Å². The number of H-pyrrole nitrogens is 1. The van der Waals surface area contributed by atoms with Gasteiger partial charge in [0.05, 0.1) is 12.2 Å². The van der Waals surface area contributed by atoms with E-state index in [4.69, 9.17) is 4.74 Å². The molecule has 30 heavy (non-hydrogen) atoms. The van der Waals surface area contributed by atoms with Crippen LogP contribution in [0.4, 0.5) is 4.39 Å². The Labute approximate surface area is 175 Å². The highest BCUT2D eigenvalue weighted by atomic mass is 19.1. The number of aromatic amines is 1. The molecule has 0 aliphatic heterocycles. The number of hydrogen-bond acceptors (Lipinski definition) is 4. The number of aromatic nitrogens is 1. The number of carbonyl (C=O) groups is 3. The molecule has 1 aromatic carbocycles. The van der Waals surface area contributed by atoms with Crippen LogP contribution in [0.3, 0.4) is 0 Å². The van der Waals surface area contributed by atoms with Crippen LogP contribution in [-0.2, 0) is 9.53 Å². The molecule has 1 fully saturated rings. The summed E-state index contributed by atoms with van der Waals surface area (Å²) < 4.78 is 18.6. The first-order valence-corrected chi connectivity index (χ1v) is 10.3. The van der Waals surface area contributed by atoms with E-state index in [2.05, 4.69) is 4.98 Å². The van der Waals surface area contributed by atoms with E-state index < -0.39 is 23.5 Å². The number of likely N-dealkylation sites (N-methyl/N-ethyl adjacent to an activating group) is 1. The lowest BCUT2D eigenvalue weighted by atomic mass is 9.93. The molecule has 0 saturated heterocycles. The van der Waals surface area contributed by atoms with Crippen LogP contribution in [0.25, 0.3) is 11.1 Å². The van der Waals surface area contributed by atoms with Crippen molar-refractivity contribution in [1.29, 1.82) is 0 Å². The summed E-state index contributed by atoms with van der Waals surface area (Å²) in [5.74, 6) is -2.38. The predicted octanol–water partition coefficient (Wildman–Crippen LogP) is 4.28. The van der Waals surface area contributed by atoms with Gasteiger partial charge in [-0.05, 0) is 44.4 Å². The molecule has 1 N–H and O–H groups in total. The molecular weight excluding hydrogens is 387 g/mol. The number of ether oxygens (including phenoxy) is 1. The molecule has 160 valence electrons. The van der Waals surface area contributed by atoms with Gasteiger partial charge in [0.1, 0.15) is 11.5 Å². The second-order valence-corrected chi connectivity index (χ2v) is 7.64. The van der Waals surface area contributed by atoms with Gasteiger partial charge in [0, 0.05) is 24.3 Å². The molecule has 0 bridgehead atoms. The van der Waals surface area contributed by atoms with Gasteiger partial charge in [-0.1, -0.05) is 31.4 Å². The van der Waals surface area contributed by atoms with Gasteiger partial charge in [0.25, 0.3) is 11.7 Å². The Balaban J connectivity index is 2.03. The van der Waals surface area contributed by atoms with Crippen LogP contribution < -0.4 is 0 Å². The normalized spacial score (nSPS) is 14.4. The Morgan fingerprint density at radius 2 is 1.77 bits per heavy atom. The Morgan fingerprint density at radius 1 is 1.13 bits per heavy atom. The number of hydrogen-bond donors (Lipinski definition) is 1. The van der Waals surface area contributed by atoms with Crippen LogP contribution in [0.1, 0.15) is 65.6 Å². The van der Waals surface area contributed by atoms with Crippen LogP contribution in [0.2, 0.25) is 0 Å². The van der Waals surface area contributed by atoms with Gasteiger partial charge in [-0.25, -0.2) is 9.18 Å². The highest BCUT2D eigenvalue weighted by molar-refractivity contribution is 6.43. The third-order valence-corrected chi connectivity index (χ3v) is 5.66. The standard InChI is InChI=1S/C23H27FN2O4/c1-4-30-23(29)18-14(2)25-20(19(18)15-10-12-16(24)13-11-15)21(27)22(28)26(3)17-8-6-5-7-9-17/h10-13,17,25H,4-9H2,1-3H3. The fourth-order valence-corrected chi connectivity index (χ4v) is 4.06. The Bertz CT molecular complexity index is 943. The second-order valence-electron chi connectivity index (χ2n) is 7.64. The third kappa shape index (κ3) is 4.30. The minimum Gasteiger partial charge on any atom is -0.462 e. The summed E-state index contributed by atoms with van der Waals surface area (Å²) in [7, 11) is 1.65. The monoisotopic (exact) mass is 414 g/mol. The lowest BCUT2D eigenvalue weighted by Gasteiger charge is -2.30. The smallest absolute Gasteiger partial charge is 0.340 e. The van der Waals surface area contributed by atoms with Crippen molar-refractivity contribution in [2.75, 3.05) is 13.7 Å². The lowest BCUT2D eigenvalue weighted by molar-refractivity contribution is -0.127. The number of Topliss-reactive ketones (excluding diaryl/α,β-unsaturated/α-hetero) is 1. The highest BCUT2D eigenvalue weighted by Gasteiger charge is 2.33. The zero-order valence-corrected chi connectivity index (χ0v) is 17.6. The molecule has 0 spiro atoms. The quantitative estimate of drug-likeness (QED) is 0.435. The summed E-state index contributed by atoms with van der Waals surface area (Å²) in [5.41, 5.74) is 1.35. The number of amides is 1. The predicted molar refractivity (Wildman–Crippen MR) is 111 cm³/mol. The molecule has 6 nitrogen and oxygen atoms in total. The van der Waals surface area contributed by atoms with Crippen molar-refractivity contribution in [1.82, 2.24) is 9.88 Å². The highest BCUT2D eigenvalue weighted by Crippen LogP contribution is 2.32. The van der Waals surface area contributed by atoms with Crippen LogP contribution in [0.5, 0.6) is 0 Å². The van der Waals surface area contributed by atoms with Crippen LogP contribution >= 0.6 is 0 Å². The number of esters is 1. The van der Waals surface area contributed by atoms with Crippen molar-refractivity contribution in [3.05, 3.63) is 47.0 Å². The Hall–Kier alpha value is -2.96. The SMILES string of the molecule is CCOC(=O)c1c(C)[nH]c(C(=O)C(=O)N(C)C2CCCCC2)c1-c1ccc(F)cc1. The number of benzene rings is 1. The molecule has 0 unspecified atom stereocenters. The van der Waals surface area contributed by atoms with Crippen molar-refractivity contribution in [3.8, 4) is 11.1 Å². The molecule has 3 rings (SSSR count). The Morgan fingerprint density at radius 3 is 2.37 bits per heavy atom. The number of aryl methyl sites for hydroxylation is 1. The van der Waals surface area contributed by atoms with E-state index in [1.165, 1.54) is 29.2 Å². The maximum atomic E-state index is 13.5. The van der Waals surface area contributed by atoms with Crippen molar-refractivity contribution >= 4 is 17.7 Å². The number of nitrogens with one attached hydrogen (secondary N) is 1. The number of halogens is 1. The van der Waals surface area contributed by atoms with E-state index in [1.54, 1.807) is 20.9 Å². The summed E-state index contributed by atoms with van der Waals surface area (Å²) in [6.45, 7) is 3.50. The van der Waals surface area contributed by atoms with Crippen molar-refractivity contribution in [2.45, 2.75) is 52.0 Å². The summed E-state index contributed by atoms with van der Waals surface area (Å²) >= 11 is 0. The number of ketones is 1. The van der Waals surface area contributed by atoms with Gasteiger partial charge in [-0.15, -0.1) is 0 Å². The zero-order chi connectivity index (χ0) is 21.8. The second kappa shape index (κ2) is 9.24. The molecule has 1 heterocycles. The summed E-state index contributed by atoms with van der Waals surface area (Å²) in [6.07, 6.45) is 4.95. The fraction of sp³-hybridized carbons (Fsp3) is 0.435. The van der Waals surface area contributed by atoms with Crippen molar-refractivity contribution in [3.63, 3.8) is 0 Å². The minimum absolute atomic E-state index is 0.0230. The van der Waals surface area contributed by atoms with E-state index >= 15 is 0 Å². The van der Waals surface area contributed by atoms with Gasteiger partial charge in [-0.3, -0.25) is 9.59 Å². The molecular formula is C23H27FN2O4. The van der Waals surface area contributed by atoms with Crippen molar-refractivity contribution in [2.24, 2.45) is 0 Å². The summed E-state index contributed by atoms with van der Waals surface area (Å²) in [4.78, 5) is 43.2. The maximum absolute atomic E-state index is 13.5. The van der Waals surface area contributed by atoms with Gasteiger partial charge < -0.3 is 14.6 Å². The first-order valence-electron chi connectivity index (χ1n) is 10.3. The molecule has 0 atom stereocenters. The number of nitrogens with zero attached hydrogens (tertiary/aromatic N) is 1. The van der Waals surface area contributed by atoms with Gasteiger partial charge in [-0.2, -0.15) is 0 Å². The third-order valence-electron chi connectivity index (χ3n) is 5.66.